The number of carbonyl (C=O) groups excluding carboxylic acids is 1. The van der Waals surface area contributed by atoms with Gasteiger partial charge >= 0.3 is 0 Å². The van der Waals surface area contributed by atoms with Crippen molar-refractivity contribution in [1.82, 2.24) is 10.6 Å². The van der Waals surface area contributed by atoms with Crippen LogP contribution in [0, 0.1) is 0 Å². The van der Waals surface area contributed by atoms with E-state index < -0.39 is 0 Å². The minimum Gasteiger partial charge on any atom is -0.359 e. The van der Waals surface area contributed by atoms with Crippen LogP contribution in [0.2, 0.25) is 0 Å². The standard InChI is InChI=1S/C15H18N2O/c1-16-15(18)8-9-17-11-12-6-7-13-4-2-3-5-14(13)10-12/h2-7,10,17H,8-9,11H2,1H3,(H,16,18). The molecule has 0 unspecified atom stereocenters. The van der Waals surface area contributed by atoms with Crippen LogP contribution < -0.4 is 10.6 Å². The molecule has 0 aliphatic heterocycles. The molecule has 0 radical (unpaired) electrons. The molecule has 2 aromatic rings. The Morgan fingerprint density at radius 3 is 2.67 bits per heavy atom. The third-order valence-corrected chi connectivity index (χ3v) is 2.95. The molecule has 94 valence electrons. The molecular formula is C15H18N2O. The van der Waals surface area contributed by atoms with Gasteiger partial charge in [-0.3, -0.25) is 4.79 Å². The van der Waals surface area contributed by atoms with Crippen LogP contribution in [0.15, 0.2) is 42.5 Å². The molecule has 0 aromatic heterocycles. The maximum absolute atomic E-state index is 11.0. The van der Waals surface area contributed by atoms with Gasteiger partial charge in [0.05, 0.1) is 0 Å². The highest BCUT2D eigenvalue weighted by atomic mass is 16.1. The monoisotopic (exact) mass is 242 g/mol. The van der Waals surface area contributed by atoms with Crippen molar-refractivity contribution >= 4 is 16.7 Å². The summed E-state index contributed by atoms with van der Waals surface area (Å²) in [6, 6.07) is 14.7. The third kappa shape index (κ3) is 3.31. The number of nitrogens with one attached hydrogen (secondary N) is 2. The second-order valence-electron chi connectivity index (χ2n) is 4.28. The zero-order valence-electron chi connectivity index (χ0n) is 10.6. The zero-order chi connectivity index (χ0) is 12.8. The van der Waals surface area contributed by atoms with E-state index in [1.165, 1.54) is 16.3 Å². The Balaban J connectivity index is 1.90. The molecule has 2 aromatic carbocycles. The number of amides is 1. The topological polar surface area (TPSA) is 41.1 Å². The van der Waals surface area contributed by atoms with Gasteiger partial charge in [0.25, 0.3) is 0 Å². The van der Waals surface area contributed by atoms with Crippen LogP contribution >= 0.6 is 0 Å². The molecule has 0 bridgehead atoms. The van der Waals surface area contributed by atoms with Gasteiger partial charge < -0.3 is 10.6 Å². The first-order valence-corrected chi connectivity index (χ1v) is 6.18. The average Bonchev–Trinajstić information content (AvgIpc) is 2.43. The molecule has 0 heterocycles. The van der Waals surface area contributed by atoms with Gasteiger partial charge in [-0.15, -0.1) is 0 Å². The van der Waals surface area contributed by atoms with E-state index in [4.69, 9.17) is 0 Å². The summed E-state index contributed by atoms with van der Waals surface area (Å²) in [5.41, 5.74) is 1.24. The van der Waals surface area contributed by atoms with Crippen LogP contribution in [0.4, 0.5) is 0 Å². The highest BCUT2D eigenvalue weighted by molar-refractivity contribution is 5.83. The predicted molar refractivity (Wildman–Crippen MR) is 74.3 cm³/mol. The van der Waals surface area contributed by atoms with Crippen molar-refractivity contribution in [2.75, 3.05) is 13.6 Å². The molecule has 0 saturated carbocycles. The van der Waals surface area contributed by atoms with Gasteiger partial charge in [0.1, 0.15) is 0 Å². The summed E-state index contributed by atoms with van der Waals surface area (Å²) < 4.78 is 0. The molecule has 0 aliphatic rings. The Bertz CT molecular complexity index is 537. The lowest BCUT2D eigenvalue weighted by Gasteiger charge is -2.06. The predicted octanol–water partition coefficient (Wildman–Crippen LogP) is 2.07. The van der Waals surface area contributed by atoms with Gasteiger partial charge in [0.15, 0.2) is 0 Å². The first-order valence-electron chi connectivity index (χ1n) is 6.18. The summed E-state index contributed by atoms with van der Waals surface area (Å²) in [6.45, 7) is 1.49. The van der Waals surface area contributed by atoms with Crippen LogP contribution in [0.1, 0.15) is 12.0 Å². The lowest BCUT2D eigenvalue weighted by Crippen LogP contribution is -2.24. The van der Waals surface area contributed by atoms with Gasteiger partial charge in [-0.25, -0.2) is 0 Å². The number of rotatable bonds is 5. The molecule has 2 N–H and O–H groups in total. The highest BCUT2D eigenvalue weighted by Gasteiger charge is 1.98. The molecule has 0 atom stereocenters. The highest BCUT2D eigenvalue weighted by Crippen LogP contribution is 2.15. The molecule has 3 nitrogen and oxygen atoms in total. The number of benzene rings is 2. The number of hydrogen-bond donors (Lipinski definition) is 2. The van der Waals surface area contributed by atoms with Crippen LogP contribution in [0.5, 0.6) is 0 Å². The van der Waals surface area contributed by atoms with Crippen molar-refractivity contribution in [3.8, 4) is 0 Å². The van der Waals surface area contributed by atoms with E-state index in [1.54, 1.807) is 7.05 Å². The minimum atomic E-state index is 0.0704. The van der Waals surface area contributed by atoms with Crippen molar-refractivity contribution in [1.29, 1.82) is 0 Å². The number of fused-ring (bicyclic) bond motifs is 1. The normalized spacial score (nSPS) is 10.5. The average molecular weight is 242 g/mol. The Morgan fingerprint density at radius 2 is 1.89 bits per heavy atom. The molecule has 1 amide bonds. The summed E-state index contributed by atoms with van der Waals surface area (Å²) in [5.74, 6) is 0.0704. The molecule has 2 rings (SSSR count). The van der Waals surface area contributed by atoms with E-state index in [1.807, 2.05) is 12.1 Å². The maximum Gasteiger partial charge on any atom is 0.221 e. The van der Waals surface area contributed by atoms with Crippen molar-refractivity contribution in [2.24, 2.45) is 0 Å². The van der Waals surface area contributed by atoms with Gasteiger partial charge in [-0.2, -0.15) is 0 Å². The van der Waals surface area contributed by atoms with Crippen molar-refractivity contribution in [2.45, 2.75) is 13.0 Å². The lowest BCUT2D eigenvalue weighted by atomic mass is 10.1. The Hall–Kier alpha value is -1.87. The second kappa shape index (κ2) is 6.17. The fourth-order valence-electron chi connectivity index (χ4n) is 1.91. The number of hydrogen-bond acceptors (Lipinski definition) is 2. The molecule has 18 heavy (non-hydrogen) atoms. The first-order chi connectivity index (χ1) is 8.79. The Morgan fingerprint density at radius 1 is 1.11 bits per heavy atom. The summed E-state index contributed by atoms with van der Waals surface area (Å²) in [7, 11) is 1.66. The minimum absolute atomic E-state index is 0.0704. The van der Waals surface area contributed by atoms with Gasteiger partial charge in [-0.1, -0.05) is 36.4 Å². The first kappa shape index (κ1) is 12.6. The summed E-state index contributed by atoms with van der Waals surface area (Å²) in [6.07, 6.45) is 0.518. The smallest absolute Gasteiger partial charge is 0.221 e. The van der Waals surface area contributed by atoms with Gasteiger partial charge in [0, 0.05) is 26.6 Å². The van der Waals surface area contributed by atoms with Crippen LogP contribution in [0.25, 0.3) is 10.8 Å². The van der Waals surface area contributed by atoms with Crippen LogP contribution in [0.3, 0.4) is 0 Å². The molecule has 3 heteroatoms. The SMILES string of the molecule is CNC(=O)CCNCc1ccc2ccccc2c1. The summed E-state index contributed by atoms with van der Waals surface area (Å²) >= 11 is 0. The molecule has 0 spiro atoms. The van der Waals surface area contributed by atoms with E-state index in [9.17, 15) is 4.79 Å². The number of carbonyl (C=O) groups is 1. The maximum atomic E-state index is 11.0. The van der Waals surface area contributed by atoms with Crippen molar-refractivity contribution in [3.63, 3.8) is 0 Å². The van der Waals surface area contributed by atoms with Crippen molar-refractivity contribution < 1.29 is 4.79 Å². The van der Waals surface area contributed by atoms with E-state index in [0.29, 0.717) is 13.0 Å². The molecular weight excluding hydrogens is 224 g/mol. The van der Waals surface area contributed by atoms with E-state index >= 15 is 0 Å². The Kier molecular flexibility index (Phi) is 4.31. The summed E-state index contributed by atoms with van der Waals surface area (Å²) in [5, 5.41) is 8.39. The molecule has 0 saturated heterocycles. The molecule has 0 fully saturated rings. The van der Waals surface area contributed by atoms with Crippen LogP contribution in [-0.2, 0) is 11.3 Å². The van der Waals surface area contributed by atoms with Gasteiger partial charge in [0.2, 0.25) is 5.91 Å². The third-order valence-electron chi connectivity index (χ3n) is 2.95. The quantitative estimate of drug-likeness (QED) is 0.788. The zero-order valence-corrected chi connectivity index (χ0v) is 10.6. The van der Waals surface area contributed by atoms with E-state index in [2.05, 4.69) is 41.0 Å². The van der Waals surface area contributed by atoms with Crippen molar-refractivity contribution in [3.05, 3.63) is 48.0 Å². The van der Waals surface area contributed by atoms with E-state index in [-0.39, 0.29) is 5.91 Å². The lowest BCUT2D eigenvalue weighted by molar-refractivity contribution is -0.120. The molecule has 0 aliphatic carbocycles. The summed E-state index contributed by atoms with van der Waals surface area (Å²) in [4.78, 5) is 11.0. The fraction of sp³-hybridized carbons (Fsp3) is 0.267. The van der Waals surface area contributed by atoms with Gasteiger partial charge in [-0.05, 0) is 22.4 Å². The Labute approximate surface area is 107 Å². The largest absolute Gasteiger partial charge is 0.359 e. The van der Waals surface area contributed by atoms with E-state index in [0.717, 1.165) is 6.54 Å². The van der Waals surface area contributed by atoms with Crippen LogP contribution in [-0.4, -0.2) is 19.5 Å². The fourth-order valence-corrected chi connectivity index (χ4v) is 1.91. The second-order valence-corrected chi connectivity index (χ2v) is 4.28.